The van der Waals surface area contributed by atoms with Crippen LogP contribution in [0.2, 0.25) is 5.02 Å². The first-order valence-corrected chi connectivity index (χ1v) is 8.06. The molecule has 5 nitrogen and oxygen atoms in total. The number of nitrogens with zero attached hydrogens (tertiary/aromatic N) is 2. The van der Waals surface area contributed by atoms with Crippen LogP contribution in [-0.4, -0.2) is 37.0 Å². The molecule has 2 unspecified atom stereocenters. The minimum Gasteiger partial charge on any atom is -0.393 e. The van der Waals surface area contributed by atoms with E-state index in [0.29, 0.717) is 18.5 Å². The molecule has 0 aromatic heterocycles. The number of aliphatic hydroxyl groups excluding tert-OH is 1. The van der Waals surface area contributed by atoms with Crippen molar-refractivity contribution >= 4 is 21.6 Å². The first-order chi connectivity index (χ1) is 9.36. The van der Waals surface area contributed by atoms with E-state index < -0.39 is 16.1 Å². The number of hydrogen-bond donors (Lipinski definition) is 1. The van der Waals surface area contributed by atoms with Gasteiger partial charge in [0.15, 0.2) is 0 Å². The van der Waals surface area contributed by atoms with E-state index >= 15 is 0 Å². The van der Waals surface area contributed by atoms with Crippen molar-refractivity contribution < 1.29 is 13.5 Å². The predicted molar refractivity (Wildman–Crippen MR) is 74.7 cm³/mol. The maximum Gasteiger partial charge on any atom is 0.244 e. The molecule has 20 heavy (non-hydrogen) atoms. The molecule has 1 aromatic rings. The first kappa shape index (κ1) is 15.3. The Balaban J connectivity index is 2.30. The van der Waals surface area contributed by atoms with Crippen LogP contribution >= 0.6 is 11.6 Å². The number of hydrogen-bond acceptors (Lipinski definition) is 4. The number of benzene rings is 1. The van der Waals surface area contributed by atoms with Crippen molar-refractivity contribution in [2.75, 3.05) is 13.1 Å². The predicted octanol–water partition coefficient (Wildman–Crippen LogP) is 1.60. The molecule has 1 aliphatic rings. The van der Waals surface area contributed by atoms with Gasteiger partial charge in [-0.3, -0.25) is 0 Å². The van der Waals surface area contributed by atoms with Gasteiger partial charge in [-0.2, -0.15) is 9.57 Å². The molecule has 1 N–H and O–H groups in total. The monoisotopic (exact) mass is 314 g/mol. The Morgan fingerprint density at radius 2 is 2.25 bits per heavy atom. The molecule has 1 saturated heterocycles. The Labute approximate surface area is 123 Å². The van der Waals surface area contributed by atoms with E-state index in [0.717, 1.165) is 0 Å². The fraction of sp³-hybridized carbons (Fsp3) is 0.462. The third kappa shape index (κ3) is 2.81. The van der Waals surface area contributed by atoms with Gasteiger partial charge >= 0.3 is 0 Å². The standard InChI is InChI=1S/C13H15ClN2O3S/c1-9(17)11-4-5-16(8-11)20(18,19)13-3-2-10(7-15)6-12(13)14/h2-3,6,9,11,17H,4-5,8H2,1H3. The molecular weight excluding hydrogens is 300 g/mol. The second-order valence-electron chi connectivity index (χ2n) is 4.91. The third-order valence-corrected chi connectivity index (χ3v) is 5.90. The molecule has 1 aromatic carbocycles. The molecule has 1 fully saturated rings. The van der Waals surface area contributed by atoms with Crippen molar-refractivity contribution in [3.8, 4) is 6.07 Å². The summed E-state index contributed by atoms with van der Waals surface area (Å²) in [4.78, 5) is 0.00408. The van der Waals surface area contributed by atoms with Crippen LogP contribution in [0.4, 0.5) is 0 Å². The van der Waals surface area contributed by atoms with Crippen molar-refractivity contribution in [1.82, 2.24) is 4.31 Å². The molecule has 0 spiro atoms. The Morgan fingerprint density at radius 1 is 1.55 bits per heavy atom. The molecular formula is C13H15ClN2O3S. The maximum absolute atomic E-state index is 12.5. The number of rotatable bonds is 3. The lowest BCUT2D eigenvalue weighted by Gasteiger charge is -2.18. The van der Waals surface area contributed by atoms with Crippen LogP contribution in [0.3, 0.4) is 0 Å². The lowest BCUT2D eigenvalue weighted by molar-refractivity contribution is 0.133. The van der Waals surface area contributed by atoms with Crippen molar-refractivity contribution in [3.05, 3.63) is 28.8 Å². The number of aliphatic hydroxyl groups is 1. The van der Waals surface area contributed by atoms with Crippen LogP contribution in [0.15, 0.2) is 23.1 Å². The van der Waals surface area contributed by atoms with Crippen molar-refractivity contribution in [3.63, 3.8) is 0 Å². The van der Waals surface area contributed by atoms with Gasteiger partial charge in [0, 0.05) is 13.1 Å². The Bertz CT molecular complexity index is 652. The highest BCUT2D eigenvalue weighted by Gasteiger charge is 2.35. The first-order valence-electron chi connectivity index (χ1n) is 6.24. The fourth-order valence-corrected chi connectivity index (χ4v) is 4.31. The van der Waals surface area contributed by atoms with Gasteiger partial charge in [-0.25, -0.2) is 8.42 Å². The van der Waals surface area contributed by atoms with E-state index in [9.17, 15) is 13.5 Å². The summed E-state index contributed by atoms with van der Waals surface area (Å²) in [5.74, 6) is -0.0538. The van der Waals surface area contributed by atoms with Gasteiger partial charge in [-0.05, 0) is 37.5 Å². The summed E-state index contributed by atoms with van der Waals surface area (Å²) in [6.45, 7) is 2.32. The van der Waals surface area contributed by atoms with E-state index in [-0.39, 0.29) is 22.4 Å². The number of halogens is 1. The largest absolute Gasteiger partial charge is 0.393 e. The van der Waals surface area contributed by atoms with Gasteiger partial charge in [0.25, 0.3) is 0 Å². The summed E-state index contributed by atoms with van der Waals surface area (Å²) in [7, 11) is -3.68. The van der Waals surface area contributed by atoms with E-state index in [4.69, 9.17) is 16.9 Å². The Hall–Kier alpha value is -1.13. The van der Waals surface area contributed by atoms with Crippen LogP contribution in [0.25, 0.3) is 0 Å². The average molecular weight is 315 g/mol. The van der Waals surface area contributed by atoms with Gasteiger partial charge in [0.1, 0.15) is 4.90 Å². The summed E-state index contributed by atoms with van der Waals surface area (Å²) >= 11 is 5.96. The van der Waals surface area contributed by atoms with Gasteiger partial charge in [0.05, 0.1) is 22.8 Å². The summed E-state index contributed by atoms with van der Waals surface area (Å²) < 4.78 is 26.3. The van der Waals surface area contributed by atoms with Crippen molar-refractivity contribution in [2.45, 2.75) is 24.3 Å². The van der Waals surface area contributed by atoms with Crippen LogP contribution in [0.5, 0.6) is 0 Å². The molecule has 2 rings (SSSR count). The fourth-order valence-electron chi connectivity index (χ4n) is 2.28. The molecule has 1 aliphatic heterocycles. The summed E-state index contributed by atoms with van der Waals surface area (Å²) in [5.41, 5.74) is 0.317. The van der Waals surface area contributed by atoms with Crippen LogP contribution in [0.1, 0.15) is 18.9 Å². The minimum atomic E-state index is -3.68. The van der Waals surface area contributed by atoms with E-state index in [1.165, 1.54) is 22.5 Å². The Morgan fingerprint density at radius 3 is 2.75 bits per heavy atom. The molecule has 0 bridgehead atoms. The minimum absolute atomic E-state index is 0.00408. The van der Waals surface area contributed by atoms with Gasteiger partial charge in [0.2, 0.25) is 10.0 Å². The zero-order valence-corrected chi connectivity index (χ0v) is 12.5. The zero-order chi connectivity index (χ0) is 14.9. The number of nitriles is 1. The van der Waals surface area contributed by atoms with Gasteiger partial charge < -0.3 is 5.11 Å². The van der Waals surface area contributed by atoms with Gasteiger partial charge in [-0.15, -0.1) is 0 Å². The molecule has 108 valence electrons. The normalized spacial score (nSPS) is 21.6. The summed E-state index contributed by atoms with van der Waals surface area (Å²) in [6.07, 6.45) is 0.0942. The van der Waals surface area contributed by atoms with Crippen LogP contribution < -0.4 is 0 Å². The van der Waals surface area contributed by atoms with Gasteiger partial charge in [-0.1, -0.05) is 11.6 Å². The highest BCUT2D eigenvalue weighted by molar-refractivity contribution is 7.89. The molecule has 2 atom stereocenters. The maximum atomic E-state index is 12.5. The second-order valence-corrected chi connectivity index (χ2v) is 7.22. The number of sulfonamides is 1. The molecule has 0 saturated carbocycles. The van der Waals surface area contributed by atoms with Crippen LogP contribution in [0, 0.1) is 17.2 Å². The lowest BCUT2D eigenvalue weighted by Crippen LogP contribution is -2.30. The summed E-state index contributed by atoms with van der Waals surface area (Å²) in [6, 6.07) is 6.04. The highest BCUT2D eigenvalue weighted by atomic mass is 35.5. The second kappa shape index (κ2) is 5.70. The third-order valence-electron chi connectivity index (χ3n) is 3.55. The highest BCUT2D eigenvalue weighted by Crippen LogP contribution is 2.30. The van der Waals surface area contributed by atoms with Crippen molar-refractivity contribution in [2.24, 2.45) is 5.92 Å². The van der Waals surface area contributed by atoms with E-state index in [1.807, 2.05) is 6.07 Å². The smallest absolute Gasteiger partial charge is 0.244 e. The molecule has 1 heterocycles. The molecule has 0 amide bonds. The summed E-state index contributed by atoms with van der Waals surface area (Å²) in [5, 5.41) is 18.4. The average Bonchev–Trinajstić information content (AvgIpc) is 2.88. The molecule has 7 heteroatoms. The zero-order valence-electron chi connectivity index (χ0n) is 11.0. The SMILES string of the molecule is CC(O)C1CCN(S(=O)(=O)c2ccc(C#N)cc2Cl)C1. The molecule has 0 radical (unpaired) electrons. The molecule has 0 aliphatic carbocycles. The Kier molecular flexibility index (Phi) is 4.35. The van der Waals surface area contributed by atoms with Crippen LogP contribution in [-0.2, 0) is 10.0 Å². The van der Waals surface area contributed by atoms with Crippen molar-refractivity contribution in [1.29, 1.82) is 5.26 Å². The topological polar surface area (TPSA) is 81.4 Å². The quantitative estimate of drug-likeness (QED) is 0.919. The lowest BCUT2D eigenvalue weighted by atomic mass is 10.0. The van der Waals surface area contributed by atoms with E-state index in [2.05, 4.69) is 0 Å². The van der Waals surface area contributed by atoms with E-state index in [1.54, 1.807) is 6.92 Å².